The highest BCUT2D eigenvalue weighted by Gasteiger charge is 2.20. The number of nitrogens with one attached hydrogen (secondary N) is 1. The molecule has 2 aromatic carbocycles. The van der Waals surface area contributed by atoms with Crippen molar-refractivity contribution in [1.82, 2.24) is 10.2 Å². The predicted octanol–water partition coefficient (Wildman–Crippen LogP) is 4.38. The van der Waals surface area contributed by atoms with E-state index < -0.39 is 0 Å². The maximum atomic E-state index is 12.5. The number of amides is 1. The van der Waals surface area contributed by atoms with Gasteiger partial charge in [-0.1, -0.05) is 46.8 Å². The Morgan fingerprint density at radius 2 is 2.03 bits per heavy atom. The Hall–Kier alpha value is -2.80. The topological polar surface area (TPSA) is 97.1 Å². The molecule has 0 bridgehead atoms. The summed E-state index contributed by atoms with van der Waals surface area (Å²) >= 11 is 8.97. The van der Waals surface area contributed by atoms with Crippen molar-refractivity contribution < 1.29 is 14.3 Å². The van der Waals surface area contributed by atoms with Crippen molar-refractivity contribution in [1.29, 1.82) is 5.26 Å². The number of nitriles is 1. The van der Waals surface area contributed by atoms with Crippen molar-refractivity contribution in [3.05, 3.63) is 58.1 Å². The van der Waals surface area contributed by atoms with E-state index in [9.17, 15) is 4.79 Å². The summed E-state index contributed by atoms with van der Waals surface area (Å²) in [7, 11) is 0. The number of hydrogen-bond donors (Lipinski definition) is 1. The van der Waals surface area contributed by atoms with Crippen LogP contribution in [0.15, 0.2) is 40.7 Å². The van der Waals surface area contributed by atoms with Gasteiger partial charge in [0.15, 0.2) is 15.8 Å². The van der Waals surface area contributed by atoms with Gasteiger partial charge in [-0.15, -0.1) is 10.2 Å². The number of aromatic nitrogens is 2. The molecule has 0 fully saturated rings. The minimum atomic E-state index is -0.358. The number of hydrogen-bond acceptors (Lipinski definition) is 8. The van der Waals surface area contributed by atoms with E-state index in [0.29, 0.717) is 51.7 Å². The number of anilines is 1. The number of halogens is 1. The van der Waals surface area contributed by atoms with E-state index in [2.05, 4.69) is 21.6 Å². The third kappa shape index (κ3) is 4.62. The Bertz CT molecular complexity index is 1100. The van der Waals surface area contributed by atoms with Crippen molar-refractivity contribution in [2.75, 3.05) is 18.5 Å². The zero-order valence-electron chi connectivity index (χ0n) is 14.8. The fraction of sp³-hybridized carbons (Fsp3) is 0.158. The molecule has 10 heteroatoms. The number of benzene rings is 2. The summed E-state index contributed by atoms with van der Waals surface area (Å²) in [5.74, 6) is 1.23. The number of carbonyl (C=O) groups is 1. The largest absolute Gasteiger partial charge is 0.486 e. The second kappa shape index (κ2) is 8.69. The molecule has 1 aliphatic rings. The lowest BCUT2D eigenvalue weighted by Crippen LogP contribution is -2.17. The SMILES string of the molecule is N#Cc1ccc(CSc2nnc(NC(=O)c3cc(Cl)c4c(c3)OCCO4)s2)cc1. The van der Waals surface area contributed by atoms with Gasteiger partial charge < -0.3 is 9.47 Å². The monoisotopic (exact) mass is 444 g/mol. The van der Waals surface area contributed by atoms with Crippen molar-refractivity contribution in [3.63, 3.8) is 0 Å². The van der Waals surface area contributed by atoms with Crippen LogP contribution in [-0.2, 0) is 5.75 Å². The van der Waals surface area contributed by atoms with E-state index in [1.54, 1.807) is 18.2 Å². The maximum Gasteiger partial charge on any atom is 0.257 e. The summed E-state index contributed by atoms with van der Waals surface area (Å²) in [6.07, 6.45) is 0. The zero-order chi connectivity index (χ0) is 20.2. The van der Waals surface area contributed by atoms with E-state index in [1.807, 2.05) is 12.1 Å². The Morgan fingerprint density at radius 3 is 2.83 bits per heavy atom. The van der Waals surface area contributed by atoms with E-state index in [-0.39, 0.29) is 5.91 Å². The standard InChI is InChI=1S/C19H13ClN4O3S2/c20-14-7-13(8-15-16(14)27-6-5-26-15)17(25)22-18-23-24-19(29-18)28-10-12-3-1-11(9-21)2-4-12/h1-4,7-8H,5-6,10H2,(H,22,23,25). The number of thioether (sulfide) groups is 1. The summed E-state index contributed by atoms with van der Waals surface area (Å²) in [6.45, 7) is 0.830. The molecule has 0 aliphatic carbocycles. The number of ether oxygens (including phenoxy) is 2. The van der Waals surface area contributed by atoms with Gasteiger partial charge in [-0.3, -0.25) is 10.1 Å². The Balaban J connectivity index is 1.39. The molecule has 3 aromatic rings. The first-order valence-corrected chi connectivity index (χ1v) is 10.7. The minimum absolute atomic E-state index is 0.322. The molecule has 29 heavy (non-hydrogen) atoms. The van der Waals surface area contributed by atoms with Gasteiger partial charge in [0.25, 0.3) is 5.91 Å². The predicted molar refractivity (Wildman–Crippen MR) is 111 cm³/mol. The maximum absolute atomic E-state index is 12.5. The lowest BCUT2D eigenvalue weighted by molar-refractivity contribution is 0.102. The van der Waals surface area contributed by atoms with Crippen LogP contribution in [0.4, 0.5) is 5.13 Å². The smallest absolute Gasteiger partial charge is 0.257 e. The summed E-state index contributed by atoms with van der Waals surface area (Å²) in [5.41, 5.74) is 2.04. The van der Waals surface area contributed by atoms with E-state index in [4.69, 9.17) is 26.3 Å². The van der Waals surface area contributed by atoms with Crippen LogP contribution in [0.3, 0.4) is 0 Å². The van der Waals surface area contributed by atoms with Gasteiger partial charge in [-0.2, -0.15) is 5.26 Å². The zero-order valence-corrected chi connectivity index (χ0v) is 17.2. The van der Waals surface area contributed by atoms with Crippen molar-refractivity contribution in [2.24, 2.45) is 0 Å². The molecule has 1 aliphatic heterocycles. The lowest BCUT2D eigenvalue weighted by atomic mass is 10.2. The molecule has 7 nitrogen and oxygen atoms in total. The molecule has 0 unspecified atom stereocenters. The molecule has 146 valence electrons. The highest BCUT2D eigenvalue weighted by molar-refractivity contribution is 8.00. The third-order valence-corrected chi connectivity index (χ3v) is 6.26. The quantitative estimate of drug-likeness (QED) is 0.460. The lowest BCUT2D eigenvalue weighted by Gasteiger charge is -2.20. The Kier molecular flexibility index (Phi) is 5.85. The van der Waals surface area contributed by atoms with Crippen molar-refractivity contribution in [2.45, 2.75) is 10.1 Å². The van der Waals surface area contributed by atoms with Gasteiger partial charge in [0.1, 0.15) is 13.2 Å². The number of rotatable bonds is 5. The second-order valence-electron chi connectivity index (χ2n) is 5.91. The number of fused-ring (bicyclic) bond motifs is 1. The van der Waals surface area contributed by atoms with Crippen LogP contribution in [0.5, 0.6) is 11.5 Å². The highest BCUT2D eigenvalue weighted by Crippen LogP contribution is 2.38. The molecule has 0 saturated heterocycles. The van der Waals surface area contributed by atoms with Crippen LogP contribution >= 0.6 is 34.7 Å². The number of carbonyl (C=O) groups excluding carboxylic acids is 1. The third-order valence-electron chi connectivity index (χ3n) is 3.93. The molecule has 1 N–H and O–H groups in total. The van der Waals surface area contributed by atoms with E-state index >= 15 is 0 Å². The molecule has 2 heterocycles. The molecular formula is C19H13ClN4O3S2. The average Bonchev–Trinajstić information content (AvgIpc) is 3.20. The van der Waals surface area contributed by atoms with Gasteiger partial charge >= 0.3 is 0 Å². The minimum Gasteiger partial charge on any atom is -0.486 e. The van der Waals surface area contributed by atoms with E-state index in [0.717, 1.165) is 9.90 Å². The summed E-state index contributed by atoms with van der Waals surface area (Å²) in [6, 6.07) is 12.6. The molecule has 0 spiro atoms. The van der Waals surface area contributed by atoms with Crippen LogP contribution in [0, 0.1) is 11.3 Å². The number of nitrogens with zero attached hydrogens (tertiary/aromatic N) is 3. The first kappa shape index (κ1) is 19.5. The first-order valence-electron chi connectivity index (χ1n) is 8.48. The van der Waals surface area contributed by atoms with Gasteiger partial charge in [0.2, 0.25) is 5.13 Å². The molecule has 4 rings (SSSR count). The molecule has 0 radical (unpaired) electrons. The fourth-order valence-electron chi connectivity index (χ4n) is 2.55. The second-order valence-corrected chi connectivity index (χ2v) is 8.51. The van der Waals surface area contributed by atoms with E-state index in [1.165, 1.54) is 29.2 Å². The Labute approximate surface area is 179 Å². The Morgan fingerprint density at radius 1 is 1.24 bits per heavy atom. The summed E-state index contributed by atoms with van der Waals surface area (Å²) in [5, 5.41) is 20.4. The molecular weight excluding hydrogens is 432 g/mol. The van der Waals surface area contributed by atoms with Crippen LogP contribution in [0.1, 0.15) is 21.5 Å². The average molecular weight is 445 g/mol. The highest BCUT2D eigenvalue weighted by atomic mass is 35.5. The van der Waals surface area contributed by atoms with Gasteiger partial charge in [0.05, 0.1) is 16.7 Å². The first-order chi connectivity index (χ1) is 14.1. The summed E-state index contributed by atoms with van der Waals surface area (Å²) < 4.78 is 11.7. The van der Waals surface area contributed by atoms with Crippen LogP contribution in [0.25, 0.3) is 0 Å². The molecule has 0 atom stereocenters. The molecule has 1 aromatic heterocycles. The normalized spacial score (nSPS) is 12.3. The van der Waals surface area contributed by atoms with Gasteiger partial charge in [0, 0.05) is 11.3 Å². The van der Waals surface area contributed by atoms with Gasteiger partial charge in [-0.25, -0.2) is 0 Å². The van der Waals surface area contributed by atoms with Crippen LogP contribution in [-0.4, -0.2) is 29.3 Å². The van der Waals surface area contributed by atoms with Crippen molar-refractivity contribution in [3.8, 4) is 17.6 Å². The van der Waals surface area contributed by atoms with Crippen LogP contribution < -0.4 is 14.8 Å². The van der Waals surface area contributed by atoms with Crippen LogP contribution in [0.2, 0.25) is 5.02 Å². The molecule has 0 saturated carbocycles. The summed E-state index contributed by atoms with van der Waals surface area (Å²) in [4.78, 5) is 12.5. The van der Waals surface area contributed by atoms with Gasteiger partial charge in [-0.05, 0) is 29.8 Å². The fourth-order valence-corrected chi connectivity index (χ4v) is 4.52. The molecule has 1 amide bonds. The van der Waals surface area contributed by atoms with Crippen molar-refractivity contribution >= 4 is 45.7 Å².